The van der Waals surface area contributed by atoms with Crippen molar-refractivity contribution < 1.29 is 4.39 Å². The van der Waals surface area contributed by atoms with Crippen LogP contribution in [0.5, 0.6) is 0 Å². The third-order valence-corrected chi connectivity index (χ3v) is 3.19. The van der Waals surface area contributed by atoms with Gasteiger partial charge in [-0.15, -0.1) is 0 Å². The molecule has 0 bridgehead atoms. The summed E-state index contributed by atoms with van der Waals surface area (Å²) in [5.41, 5.74) is 0.00261. The van der Waals surface area contributed by atoms with Crippen LogP contribution in [-0.4, -0.2) is 18.8 Å². The van der Waals surface area contributed by atoms with Gasteiger partial charge >= 0.3 is 0 Å². The molecule has 1 nitrogen and oxygen atoms in total. The molecule has 0 unspecified atom stereocenters. The summed E-state index contributed by atoms with van der Waals surface area (Å²) in [7, 11) is 0. The lowest BCUT2D eigenvalue weighted by molar-refractivity contribution is 0.116. The maximum absolute atomic E-state index is 14.3. The summed E-state index contributed by atoms with van der Waals surface area (Å²) >= 11 is 5.79. The Bertz CT molecular complexity index is 317. The maximum Gasteiger partial charge on any atom is 0.117 e. The lowest BCUT2D eigenvalue weighted by Gasteiger charge is -2.30. The van der Waals surface area contributed by atoms with E-state index in [0.717, 1.165) is 18.7 Å². The van der Waals surface area contributed by atoms with E-state index in [4.69, 9.17) is 11.6 Å². The van der Waals surface area contributed by atoms with Gasteiger partial charge in [0.05, 0.1) is 0 Å². The first kappa shape index (κ1) is 10.9. The summed E-state index contributed by atoms with van der Waals surface area (Å²) in [6.45, 7) is 1.56. The zero-order chi connectivity index (χ0) is 10.7. The van der Waals surface area contributed by atoms with Gasteiger partial charge < -0.3 is 5.32 Å². The lowest BCUT2D eigenvalue weighted by atomic mass is 9.88. The Morgan fingerprint density at radius 2 is 1.80 bits per heavy atom. The first-order chi connectivity index (χ1) is 7.18. The Morgan fingerprint density at radius 3 is 2.40 bits per heavy atom. The van der Waals surface area contributed by atoms with Crippen molar-refractivity contribution in [3.63, 3.8) is 0 Å². The van der Waals surface area contributed by atoms with Crippen LogP contribution in [0, 0.1) is 0 Å². The van der Waals surface area contributed by atoms with Gasteiger partial charge in [0.25, 0.3) is 0 Å². The van der Waals surface area contributed by atoms with Crippen LogP contribution in [0.1, 0.15) is 18.4 Å². The number of nitrogens with one attached hydrogen (secondary N) is 1. The molecule has 1 aliphatic heterocycles. The summed E-state index contributed by atoms with van der Waals surface area (Å²) in [4.78, 5) is 0. The minimum absolute atomic E-state index is 0.506. The molecule has 15 heavy (non-hydrogen) atoms. The third kappa shape index (κ3) is 2.93. The Hall–Kier alpha value is -0.600. The van der Waals surface area contributed by atoms with E-state index in [1.807, 2.05) is 24.3 Å². The van der Waals surface area contributed by atoms with Crippen LogP contribution < -0.4 is 5.32 Å². The summed E-state index contributed by atoms with van der Waals surface area (Å²) in [6.07, 6.45) is 1.72. The smallest absolute Gasteiger partial charge is 0.117 e. The molecule has 0 amide bonds. The number of hydrogen-bond acceptors (Lipinski definition) is 1. The number of benzene rings is 1. The van der Waals surface area contributed by atoms with E-state index in [2.05, 4.69) is 5.32 Å². The molecule has 1 aliphatic rings. The van der Waals surface area contributed by atoms with E-state index in [0.29, 0.717) is 24.3 Å². The van der Waals surface area contributed by atoms with Crippen LogP contribution in [0.4, 0.5) is 4.39 Å². The highest BCUT2D eigenvalue weighted by Crippen LogP contribution is 2.28. The molecule has 0 spiro atoms. The number of rotatable bonds is 2. The highest BCUT2D eigenvalue weighted by atomic mass is 35.5. The van der Waals surface area contributed by atoms with Crippen LogP contribution in [0.2, 0.25) is 5.02 Å². The number of piperidine rings is 1. The van der Waals surface area contributed by atoms with Crippen molar-refractivity contribution in [2.24, 2.45) is 0 Å². The average Bonchev–Trinajstić information content (AvgIpc) is 2.22. The monoisotopic (exact) mass is 227 g/mol. The van der Waals surface area contributed by atoms with Crippen LogP contribution in [0.3, 0.4) is 0 Å². The third-order valence-electron chi connectivity index (χ3n) is 2.93. The van der Waals surface area contributed by atoms with Gasteiger partial charge in [-0.25, -0.2) is 4.39 Å². The van der Waals surface area contributed by atoms with Gasteiger partial charge in [0.1, 0.15) is 5.67 Å². The standard InChI is InChI=1S/C12H15ClFN/c13-11-3-1-10(2-4-11)9-12(14)5-7-15-8-6-12/h1-4,15H,5-9H2. The molecule has 2 rings (SSSR count). The fourth-order valence-electron chi connectivity index (χ4n) is 2.02. The molecule has 3 heteroatoms. The van der Waals surface area contributed by atoms with Crippen molar-refractivity contribution in [3.05, 3.63) is 34.9 Å². The second-order valence-electron chi connectivity index (χ2n) is 4.20. The minimum atomic E-state index is -1.03. The molecule has 1 N–H and O–H groups in total. The quantitative estimate of drug-likeness (QED) is 0.819. The molecule has 1 heterocycles. The zero-order valence-corrected chi connectivity index (χ0v) is 9.36. The summed E-state index contributed by atoms with van der Waals surface area (Å²) in [5.74, 6) is 0. The SMILES string of the molecule is FC1(Cc2ccc(Cl)cc2)CCNCC1. The Balaban J connectivity index is 2.03. The second kappa shape index (κ2) is 4.50. The largest absolute Gasteiger partial charge is 0.316 e. The normalized spacial score (nSPS) is 20.1. The zero-order valence-electron chi connectivity index (χ0n) is 8.60. The predicted molar refractivity (Wildman–Crippen MR) is 61.1 cm³/mol. The molecule has 0 aromatic heterocycles. The van der Waals surface area contributed by atoms with Crippen LogP contribution in [0.15, 0.2) is 24.3 Å². The molecule has 1 fully saturated rings. The molecule has 0 atom stereocenters. The summed E-state index contributed by atoms with van der Waals surface area (Å²) in [6, 6.07) is 7.46. The first-order valence-electron chi connectivity index (χ1n) is 5.32. The molecular formula is C12H15ClFN. The van der Waals surface area contributed by atoms with Gasteiger partial charge in [0.15, 0.2) is 0 Å². The fraction of sp³-hybridized carbons (Fsp3) is 0.500. The van der Waals surface area contributed by atoms with E-state index < -0.39 is 5.67 Å². The Labute approximate surface area is 94.6 Å². The van der Waals surface area contributed by atoms with E-state index in [1.165, 1.54) is 0 Å². The van der Waals surface area contributed by atoms with Gasteiger partial charge in [-0.3, -0.25) is 0 Å². The fourth-order valence-corrected chi connectivity index (χ4v) is 2.15. The van der Waals surface area contributed by atoms with E-state index >= 15 is 0 Å². The molecule has 0 saturated carbocycles. The van der Waals surface area contributed by atoms with Crippen LogP contribution >= 0.6 is 11.6 Å². The predicted octanol–water partition coefficient (Wildman–Crippen LogP) is 2.97. The van der Waals surface area contributed by atoms with Crippen molar-refractivity contribution in [3.8, 4) is 0 Å². The van der Waals surface area contributed by atoms with Crippen molar-refractivity contribution in [1.82, 2.24) is 5.32 Å². The Kier molecular flexibility index (Phi) is 3.27. The molecule has 1 aromatic carbocycles. The highest BCUT2D eigenvalue weighted by molar-refractivity contribution is 6.30. The Morgan fingerprint density at radius 1 is 1.20 bits per heavy atom. The maximum atomic E-state index is 14.3. The van der Waals surface area contributed by atoms with E-state index in [9.17, 15) is 4.39 Å². The van der Waals surface area contributed by atoms with Gasteiger partial charge in [-0.1, -0.05) is 23.7 Å². The van der Waals surface area contributed by atoms with Crippen molar-refractivity contribution in [2.75, 3.05) is 13.1 Å². The van der Waals surface area contributed by atoms with E-state index in [1.54, 1.807) is 0 Å². The van der Waals surface area contributed by atoms with Gasteiger partial charge in [0.2, 0.25) is 0 Å². The highest BCUT2D eigenvalue weighted by Gasteiger charge is 2.31. The first-order valence-corrected chi connectivity index (χ1v) is 5.70. The lowest BCUT2D eigenvalue weighted by Crippen LogP contribution is -2.40. The molecule has 1 saturated heterocycles. The number of hydrogen-bond donors (Lipinski definition) is 1. The van der Waals surface area contributed by atoms with Crippen molar-refractivity contribution in [1.29, 1.82) is 0 Å². The minimum Gasteiger partial charge on any atom is -0.316 e. The average molecular weight is 228 g/mol. The summed E-state index contributed by atoms with van der Waals surface area (Å²) in [5, 5.41) is 3.88. The van der Waals surface area contributed by atoms with Crippen LogP contribution in [0.25, 0.3) is 0 Å². The van der Waals surface area contributed by atoms with Gasteiger partial charge in [0, 0.05) is 11.4 Å². The number of halogens is 2. The molecule has 82 valence electrons. The second-order valence-corrected chi connectivity index (χ2v) is 4.64. The topological polar surface area (TPSA) is 12.0 Å². The van der Waals surface area contributed by atoms with Gasteiger partial charge in [-0.05, 0) is 43.6 Å². The molecule has 0 radical (unpaired) electrons. The molecule has 1 aromatic rings. The van der Waals surface area contributed by atoms with Gasteiger partial charge in [-0.2, -0.15) is 0 Å². The number of alkyl halides is 1. The molecular weight excluding hydrogens is 213 g/mol. The summed E-state index contributed by atoms with van der Waals surface area (Å²) < 4.78 is 14.3. The van der Waals surface area contributed by atoms with E-state index in [-0.39, 0.29) is 0 Å². The molecule has 0 aliphatic carbocycles. The van der Waals surface area contributed by atoms with Crippen molar-refractivity contribution >= 4 is 11.6 Å². The van der Waals surface area contributed by atoms with Crippen molar-refractivity contribution in [2.45, 2.75) is 24.9 Å². The van der Waals surface area contributed by atoms with Crippen LogP contribution in [-0.2, 0) is 6.42 Å².